The first kappa shape index (κ1) is 15.6. The zero-order valence-corrected chi connectivity index (χ0v) is 13.5. The number of methoxy groups -OCH3 is 1. The van der Waals surface area contributed by atoms with Crippen molar-refractivity contribution < 1.29 is 19.0 Å². The number of esters is 1. The van der Waals surface area contributed by atoms with Gasteiger partial charge in [-0.15, -0.1) is 0 Å². The number of hydrogen-bond acceptors (Lipinski definition) is 6. The van der Waals surface area contributed by atoms with Crippen LogP contribution >= 0.6 is 11.8 Å². The second-order valence-electron chi connectivity index (χ2n) is 6.17. The molecule has 6 heteroatoms. The molecule has 2 atom stereocenters. The van der Waals surface area contributed by atoms with E-state index >= 15 is 0 Å². The molecule has 3 saturated heterocycles. The Labute approximate surface area is 130 Å². The van der Waals surface area contributed by atoms with Crippen LogP contribution in [0.4, 0.5) is 0 Å². The number of carbonyl (C=O) groups is 1. The van der Waals surface area contributed by atoms with Gasteiger partial charge < -0.3 is 14.2 Å². The first-order chi connectivity index (χ1) is 10.2. The van der Waals surface area contributed by atoms with E-state index in [4.69, 9.17) is 14.2 Å². The number of morpholine rings is 1. The number of rotatable bonds is 2. The highest BCUT2D eigenvalue weighted by atomic mass is 32.2. The van der Waals surface area contributed by atoms with Gasteiger partial charge in [-0.25, -0.2) is 4.79 Å². The minimum atomic E-state index is -0.426. The average molecular weight is 315 g/mol. The van der Waals surface area contributed by atoms with E-state index in [-0.39, 0.29) is 11.6 Å². The molecule has 3 aliphatic rings. The van der Waals surface area contributed by atoms with Gasteiger partial charge in [0.25, 0.3) is 0 Å². The number of ether oxygens (including phenoxy) is 3. The highest BCUT2D eigenvalue weighted by molar-refractivity contribution is 7.99. The fourth-order valence-corrected chi connectivity index (χ4v) is 4.92. The lowest BCUT2D eigenvalue weighted by Crippen LogP contribution is -2.55. The van der Waals surface area contributed by atoms with Gasteiger partial charge in [0, 0.05) is 25.7 Å². The molecule has 3 fully saturated rings. The molecule has 0 N–H and O–H groups in total. The Morgan fingerprint density at radius 3 is 2.90 bits per heavy atom. The molecule has 0 aromatic rings. The fraction of sp³-hybridized carbons (Fsp3) is 0.933. The van der Waals surface area contributed by atoms with E-state index in [1.165, 1.54) is 31.5 Å². The van der Waals surface area contributed by atoms with Gasteiger partial charge in [-0.05, 0) is 37.2 Å². The number of nitrogens with zero attached hydrogens (tertiary/aromatic N) is 1. The smallest absolute Gasteiger partial charge is 0.336 e. The van der Waals surface area contributed by atoms with E-state index in [0.29, 0.717) is 19.2 Å². The summed E-state index contributed by atoms with van der Waals surface area (Å²) in [7, 11) is 1.42. The molecule has 0 amide bonds. The second kappa shape index (κ2) is 6.86. The molecule has 1 spiro atoms. The van der Waals surface area contributed by atoms with E-state index < -0.39 is 6.10 Å². The zero-order chi connectivity index (χ0) is 14.7. The molecule has 5 nitrogen and oxygen atoms in total. The van der Waals surface area contributed by atoms with Crippen LogP contribution in [-0.4, -0.2) is 73.5 Å². The van der Waals surface area contributed by atoms with Crippen molar-refractivity contribution >= 4 is 17.7 Å². The summed E-state index contributed by atoms with van der Waals surface area (Å²) in [4.78, 5) is 14.1. The molecule has 0 aliphatic carbocycles. The van der Waals surface area contributed by atoms with Crippen molar-refractivity contribution in [3.05, 3.63) is 0 Å². The van der Waals surface area contributed by atoms with E-state index in [9.17, 15) is 4.79 Å². The monoisotopic (exact) mass is 315 g/mol. The molecule has 0 bridgehead atoms. The van der Waals surface area contributed by atoms with Crippen molar-refractivity contribution in [1.82, 2.24) is 4.90 Å². The Bertz CT molecular complexity index is 367. The lowest BCUT2D eigenvalue weighted by atomic mass is 9.84. The Morgan fingerprint density at radius 1 is 1.33 bits per heavy atom. The SMILES string of the molecule is COC(=O)C1CN(C2CCOC3(CCSCC3)C2)CCO1. The fourth-order valence-electron chi connectivity index (χ4n) is 3.68. The Morgan fingerprint density at radius 2 is 2.14 bits per heavy atom. The van der Waals surface area contributed by atoms with Gasteiger partial charge in [-0.3, -0.25) is 4.90 Å². The minimum absolute atomic E-state index is 0.0905. The van der Waals surface area contributed by atoms with Crippen LogP contribution in [0.2, 0.25) is 0 Å². The largest absolute Gasteiger partial charge is 0.467 e. The second-order valence-corrected chi connectivity index (χ2v) is 7.39. The molecule has 3 heterocycles. The van der Waals surface area contributed by atoms with Crippen LogP contribution in [0, 0.1) is 0 Å². The molecule has 0 saturated carbocycles. The van der Waals surface area contributed by atoms with Crippen LogP contribution in [0.25, 0.3) is 0 Å². The predicted octanol–water partition coefficient (Wildman–Crippen LogP) is 1.30. The van der Waals surface area contributed by atoms with Crippen molar-refractivity contribution in [2.45, 2.75) is 43.4 Å². The van der Waals surface area contributed by atoms with E-state index in [1.807, 2.05) is 11.8 Å². The van der Waals surface area contributed by atoms with E-state index in [2.05, 4.69) is 4.90 Å². The van der Waals surface area contributed by atoms with Crippen LogP contribution in [0.5, 0.6) is 0 Å². The summed E-state index contributed by atoms with van der Waals surface area (Å²) in [6, 6.07) is 0.512. The maximum absolute atomic E-state index is 11.7. The van der Waals surface area contributed by atoms with Gasteiger partial charge in [-0.1, -0.05) is 0 Å². The quantitative estimate of drug-likeness (QED) is 0.716. The van der Waals surface area contributed by atoms with Gasteiger partial charge in [0.2, 0.25) is 0 Å². The summed E-state index contributed by atoms with van der Waals surface area (Å²) in [6.45, 7) is 3.01. The van der Waals surface area contributed by atoms with Crippen LogP contribution in [-0.2, 0) is 19.0 Å². The Balaban J connectivity index is 1.61. The molecule has 3 aliphatic heterocycles. The molecule has 21 heavy (non-hydrogen) atoms. The highest BCUT2D eigenvalue weighted by Gasteiger charge is 2.42. The molecule has 0 aromatic heterocycles. The number of thioether (sulfide) groups is 1. The van der Waals surface area contributed by atoms with Crippen LogP contribution in [0.1, 0.15) is 25.7 Å². The highest BCUT2D eigenvalue weighted by Crippen LogP contribution is 2.39. The Hall–Kier alpha value is -0.300. The molecule has 0 aromatic carbocycles. The van der Waals surface area contributed by atoms with Crippen LogP contribution < -0.4 is 0 Å². The zero-order valence-electron chi connectivity index (χ0n) is 12.7. The minimum Gasteiger partial charge on any atom is -0.467 e. The Kier molecular flexibility index (Phi) is 5.09. The standard InChI is InChI=1S/C15H25NO4S/c1-18-14(17)13-11-16(5-7-19-13)12-2-6-20-15(10-12)3-8-21-9-4-15/h12-13H,2-11H2,1H3. The third-order valence-electron chi connectivity index (χ3n) is 4.95. The van der Waals surface area contributed by atoms with E-state index in [1.54, 1.807) is 0 Å². The number of hydrogen-bond donors (Lipinski definition) is 0. The summed E-state index contributed by atoms with van der Waals surface area (Å²) < 4.78 is 16.5. The summed E-state index contributed by atoms with van der Waals surface area (Å²) >= 11 is 2.03. The van der Waals surface area contributed by atoms with Crippen molar-refractivity contribution in [3.63, 3.8) is 0 Å². The van der Waals surface area contributed by atoms with Crippen molar-refractivity contribution in [3.8, 4) is 0 Å². The molecule has 0 radical (unpaired) electrons. The first-order valence-corrected chi connectivity index (χ1v) is 9.03. The average Bonchev–Trinajstić information content (AvgIpc) is 2.55. The van der Waals surface area contributed by atoms with Gasteiger partial charge in [0.1, 0.15) is 0 Å². The molecular weight excluding hydrogens is 290 g/mol. The van der Waals surface area contributed by atoms with Gasteiger partial charge in [0.05, 0.1) is 19.3 Å². The van der Waals surface area contributed by atoms with Crippen molar-refractivity contribution in [2.24, 2.45) is 0 Å². The first-order valence-electron chi connectivity index (χ1n) is 7.88. The molecular formula is C15H25NO4S. The van der Waals surface area contributed by atoms with Crippen LogP contribution in [0.3, 0.4) is 0 Å². The number of carbonyl (C=O) groups excluding carboxylic acids is 1. The van der Waals surface area contributed by atoms with Crippen molar-refractivity contribution in [1.29, 1.82) is 0 Å². The normalized spacial score (nSPS) is 33.8. The summed E-state index contributed by atoms with van der Waals surface area (Å²) in [5, 5.41) is 0. The summed E-state index contributed by atoms with van der Waals surface area (Å²) in [5.41, 5.74) is 0.0905. The third kappa shape index (κ3) is 3.55. The predicted molar refractivity (Wildman–Crippen MR) is 81.6 cm³/mol. The topological polar surface area (TPSA) is 48.0 Å². The lowest BCUT2D eigenvalue weighted by Gasteiger charge is -2.47. The molecule has 3 rings (SSSR count). The van der Waals surface area contributed by atoms with Gasteiger partial charge in [-0.2, -0.15) is 11.8 Å². The van der Waals surface area contributed by atoms with Crippen molar-refractivity contribution in [2.75, 3.05) is 44.9 Å². The maximum atomic E-state index is 11.7. The maximum Gasteiger partial charge on any atom is 0.336 e. The van der Waals surface area contributed by atoms with E-state index in [0.717, 1.165) is 26.0 Å². The molecule has 120 valence electrons. The van der Waals surface area contributed by atoms with Gasteiger partial charge in [0.15, 0.2) is 6.10 Å². The third-order valence-corrected chi connectivity index (χ3v) is 5.93. The van der Waals surface area contributed by atoms with Gasteiger partial charge >= 0.3 is 5.97 Å². The summed E-state index contributed by atoms with van der Waals surface area (Å²) in [5.74, 6) is 2.16. The summed E-state index contributed by atoms with van der Waals surface area (Å²) in [6.07, 6.45) is 4.06. The van der Waals surface area contributed by atoms with Crippen LogP contribution in [0.15, 0.2) is 0 Å². The molecule has 2 unspecified atom stereocenters. The lowest BCUT2D eigenvalue weighted by molar-refractivity contribution is -0.165.